The molecule has 50 heavy (non-hydrogen) atoms. The van der Waals surface area contributed by atoms with Gasteiger partial charge in [0.15, 0.2) is 40.3 Å². The third kappa shape index (κ3) is 10.1. The van der Waals surface area contributed by atoms with Crippen molar-refractivity contribution in [2.75, 3.05) is 54.5 Å². The maximum absolute atomic E-state index is 13.0. The minimum Gasteiger partial charge on any atom is -0.493 e. The number of allylic oxidation sites excluding steroid dienone is 1. The van der Waals surface area contributed by atoms with E-state index in [1.165, 1.54) is 39.2 Å². The third-order valence-corrected chi connectivity index (χ3v) is 8.83. The van der Waals surface area contributed by atoms with E-state index in [-0.39, 0.29) is 5.78 Å². The Hall–Kier alpha value is -5.22. The molecule has 0 aliphatic rings. The molecule has 0 amide bonds. The van der Waals surface area contributed by atoms with Crippen LogP contribution in [-0.2, 0) is 0 Å². The molecule has 4 aromatic rings. The fourth-order valence-electron chi connectivity index (χ4n) is 5.05. The maximum Gasteiger partial charge on any atom is 0.203 e. The van der Waals surface area contributed by atoms with Gasteiger partial charge in [0.1, 0.15) is 0 Å². The highest BCUT2D eigenvalue weighted by Crippen LogP contribution is 2.40. The molecule has 0 aromatic heterocycles. The lowest BCUT2D eigenvalue weighted by Gasteiger charge is -2.14. The van der Waals surface area contributed by atoms with Gasteiger partial charge in [-0.05, 0) is 97.5 Å². The van der Waals surface area contributed by atoms with Gasteiger partial charge >= 0.3 is 0 Å². The van der Waals surface area contributed by atoms with Gasteiger partial charge in [0.2, 0.25) is 5.75 Å². The van der Waals surface area contributed by atoms with Gasteiger partial charge in [-0.3, -0.25) is 4.79 Å². The van der Waals surface area contributed by atoms with Crippen molar-refractivity contribution in [1.29, 1.82) is 0 Å². The van der Waals surface area contributed by atoms with Crippen LogP contribution in [0.4, 0.5) is 5.69 Å². The molecule has 2 N–H and O–H groups in total. The second-order valence-corrected chi connectivity index (χ2v) is 12.2. The van der Waals surface area contributed by atoms with Crippen molar-refractivity contribution in [3.05, 3.63) is 102 Å². The van der Waals surface area contributed by atoms with E-state index in [0.717, 1.165) is 52.3 Å². The summed E-state index contributed by atoms with van der Waals surface area (Å²) in [5.41, 5.74) is 8.99. The van der Waals surface area contributed by atoms with Crippen molar-refractivity contribution in [3.63, 3.8) is 0 Å². The summed E-state index contributed by atoms with van der Waals surface area (Å²) in [6.45, 7) is 5.32. The number of ether oxygens (including phenoxy) is 7. The van der Waals surface area contributed by atoms with E-state index in [9.17, 15) is 4.79 Å². The van der Waals surface area contributed by atoms with E-state index >= 15 is 0 Å². The third-order valence-electron chi connectivity index (χ3n) is 7.76. The van der Waals surface area contributed by atoms with Crippen LogP contribution in [-0.4, -0.2) is 54.5 Å². The number of para-hydroxylation sites is 1. The Morgan fingerprint density at radius 1 is 0.660 bits per heavy atom. The zero-order valence-electron chi connectivity index (χ0n) is 29.3. The minimum atomic E-state index is -0.212. The lowest BCUT2D eigenvalue weighted by molar-refractivity contribution is 0.104. The van der Waals surface area contributed by atoms with Crippen LogP contribution in [0.5, 0.6) is 40.2 Å². The Balaban J connectivity index is 1.24. The molecule has 0 saturated heterocycles. The number of carbonyl (C=O) groups is 1. The number of thioether (sulfide) groups is 1. The Morgan fingerprint density at radius 2 is 1.22 bits per heavy atom. The molecule has 9 nitrogen and oxygen atoms in total. The average molecular weight is 700 g/mol. The summed E-state index contributed by atoms with van der Waals surface area (Å²) in [7, 11) is 7.77. The Bertz CT molecular complexity index is 1760. The van der Waals surface area contributed by atoms with E-state index < -0.39 is 0 Å². The van der Waals surface area contributed by atoms with Crippen molar-refractivity contribution in [2.45, 2.75) is 30.6 Å². The van der Waals surface area contributed by atoms with Crippen LogP contribution < -0.4 is 38.9 Å². The number of rotatable bonds is 20. The van der Waals surface area contributed by atoms with Crippen LogP contribution in [0, 0.1) is 0 Å². The molecule has 0 heterocycles. The Morgan fingerprint density at radius 3 is 1.80 bits per heavy atom. The van der Waals surface area contributed by atoms with Crippen molar-refractivity contribution < 1.29 is 38.0 Å². The second-order valence-electron chi connectivity index (χ2n) is 11.1. The van der Waals surface area contributed by atoms with E-state index in [2.05, 4.69) is 6.58 Å². The first kappa shape index (κ1) is 37.6. The molecular formula is C40H45NO8S. The standard InChI is InChI=1S/C40H45NO8S/c1-27(50-39-14-10-9-13-31(39)41)29-17-20-34(44-3)36(24-29)49-22-12-8-7-11-21-48-35-23-28(16-19-33(35)43-2)15-18-32(42)30-25-37(45-4)40(47-6)38(26-30)46-5/h9-10,13-20,23-26H,1,7-8,11-12,21-22,41H2,2-6H3/b18-15+. The molecular weight excluding hydrogens is 655 g/mol. The molecule has 0 aliphatic carbocycles. The lowest BCUT2D eigenvalue weighted by Crippen LogP contribution is -2.02. The summed E-state index contributed by atoms with van der Waals surface area (Å²) in [5, 5.41) is 0. The van der Waals surface area contributed by atoms with Crippen LogP contribution in [0.3, 0.4) is 0 Å². The van der Waals surface area contributed by atoms with E-state index in [0.29, 0.717) is 59.0 Å². The highest BCUT2D eigenvalue weighted by atomic mass is 32.2. The molecule has 0 bridgehead atoms. The van der Waals surface area contributed by atoms with Gasteiger partial charge in [-0.25, -0.2) is 0 Å². The number of hydrogen-bond donors (Lipinski definition) is 1. The van der Waals surface area contributed by atoms with Gasteiger partial charge in [-0.15, -0.1) is 0 Å². The van der Waals surface area contributed by atoms with E-state index in [4.69, 9.17) is 38.9 Å². The summed E-state index contributed by atoms with van der Waals surface area (Å²) >= 11 is 1.53. The van der Waals surface area contributed by atoms with Gasteiger partial charge in [-0.1, -0.05) is 42.6 Å². The second kappa shape index (κ2) is 19.1. The molecule has 4 aromatic carbocycles. The predicted octanol–water partition coefficient (Wildman–Crippen LogP) is 8.99. The van der Waals surface area contributed by atoms with Crippen molar-refractivity contribution >= 4 is 34.2 Å². The Kier molecular flexibility index (Phi) is 14.4. The quantitative estimate of drug-likeness (QED) is 0.0316. The zero-order chi connectivity index (χ0) is 35.9. The number of unbranched alkanes of at least 4 members (excludes halogenated alkanes) is 3. The SMILES string of the molecule is C=C(Sc1ccccc1N)c1ccc(OC)c(OCCCCCCOc2cc(/C=C/C(=O)c3cc(OC)c(OC)c(OC)c3)ccc2OC)c1. The first-order valence-electron chi connectivity index (χ1n) is 16.2. The normalized spacial score (nSPS) is 10.8. The fraction of sp³-hybridized carbons (Fsp3) is 0.275. The van der Waals surface area contributed by atoms with Crippen LogP contribution in [0.1, 0.15) is 47.2 Å². The largest absolute Gasteiger partial charge is 0.493 e. The van der Waals surface area contributed by atoms with Crippen LogP contribution in [0.25, 0.3) is 11.0 Å². The van der Waals surface area contributed by atoms with E-state index in [1.54, 1.807) is 32.4 Å². The number of anilines is 1. The molecule has 0 fully saturated rings. The number of benzene rings is 4. The molecule has 0 radical (unpaired) electrons. The van der Waals surface area contributed by atoms with Crippen molar-refractivity contribution in [3.8, 4) is 40.2 Å². The topological polar surface area (TPSA) is 108 Å². The maximum atomic E-state index is 13.0. The van der Waals surface area contributed by atoms with E-state index in [1.807, 2.05) is 60.7 Å². The number of carbonyl (C=O) groups excluding carboxylic acids is 1. The van der Waals surface area contributed by atoms with Crippen molar-refractivity contribution in [2.24, 2.45) is 0 Å². The van der Waals surface area contributed by atoms with Crippen LogP contribution >= 0.6 is 11.8 Å². The monoisotopic (exact) mass is 699 g/mol. The fourth-order valence-corrected chi connectivity index (χ4v) is 5.89. The number of nitrogen functional groups attached to an aromatic ring is 1. The first-order chi connectivity index (χ1) is 24.3. The number of methoxy groups -OCH3 is 5. The molecule has 0 saturated carbocycles. The predicted molar refractivity (Wildman–Crippen MR) is 201 cm³/mol. The van der Waals surface area contributed by atoms with Crippen LogP contribution in [0.15, 0.2) is 90.3 Å². The van der Waals surface area contributed by atoms with Gasteiger partial charge in [0.25, 0.3) is 0 Å². The molecule has 0 unspecified atom stereocenters. The number of hydrogen-bond acceptors (Lipinski definition) is 10. The lowest BCUT2D eigenvalue weighted by atomic mass is 10.1. The highest BCUT2D eigenvalue weighted by Gasteiger charge is 2.16. The zero-order valence-corrected chi connectivity index (χ0v) is 30.1. The molecule has 4 rings (SSSR count). The summed E-state index contributed by atoms with van der Waals surface area (Å²) in [6, 6.07) is 22.4. The Labute approximate surface area is 298 Å². The van der Waals surface area contributed by atoms with Gasteiger partial charge < -0.3 is 38.9 Å². The van der Waals surface area contributed by atoms with Gasteiger partial charge in [0.05, 0.1) is 48.8 Å². The minimum absolute atomic E-state index is 0.212. The van der Waals surface area contributed by atoms with Gasteiger partial charge in [0, 0.05) is 21.1 Å². The number of ketones is 1. The summed E-state index contributed by atoms with van der Waals surface area (Å²) in [5.74, 6) is 3.63. The first-order valence-corrected chi connectivity index (χ1v) is 17.0. The highest BCUT2D eigenvalue weighted by molar-refractivity contribution is 8.08. The van der Waals surface area contributed by atoms with Crippen LogP contribution in [0.2, 0.25) is 0 Å². The summed E-state index contributed by atoms with van der Waals surface area (Å²) in [4.78, 5) is 14.8. The molecule has 264 valence electrons. The smallest absolute Gasteiger partial charge is 0.203 e. The molecule has 0 spiro atoms. The average Bonchev–Trinajstić information content (AvgIpc) is 3.14. The van der Waals surface area contributed by atoms with Crippen molar-refractivity contribution in [1.82, 2.24) is 0 Å². The number of nitrogens with two attached hydrogens (primary N) is 1. The molecule has 10 heteroatoms. The summed E-state index contributed by atoms with van der Waals surface area (Å²) < 4.78 is 39.3. The molecule has 0 aliphatic heterocycles. The van der Waals surface area contributed by atoms with Gasteiger partial charge in [-0.2, -0.15) is 0 Å². The summed E-state index contributed by atoms with van der Waals surface area (Å²) in [6.07, 6.45) is 6.92. The molecule has 0 atom stereocenters.